The molecule has 0 amide bonds. The second kappa shape index (κ2) is 5.28. The van der Waals surface area contributed by atoms with Crippen LogP contribution in [0.15, 0.2) is 0 Å². The standard InChI is InChI=1S/C12H26N2O/c1-10-7-14(8-11(2)15-10)6-5-12(3,4)9-13/h10-11H,5-9,13H2,1-4H3. The van der Waals surface area contributed by atoms with E-state index in [9.17, 15) is 0 Å². The SMILES string of the molecule is CC1CN(CCC(C)(C)CN)CC(C)O1. The highest BCUT2D eigenvalue weighted by atomic mass is 16.5. The Bertz CT molecular complexity index is 184. The summed E-state index contributed by atoms with van der Waals surface area (Å²) in [5.41, 5.74) is 6.00. The lowest BCUT2D eigenvalue weighted by molar-refractivity contribution is -0.0698. The minimum atomic E-state index is 0.269. The van der Waals surface area contributed by atoms with Crippen molar-refractivity contribution in [2.75, 3.05) is 26.2 Å². The van der Waals surface area contributed by atoms with Crippen LogP contribution in [-0.4, -0.2) is 43.3 Å². The Morgan fingerprint density at radius 2 is 1.80 bits per heavy atom. The summed E-state index contributed by atoms with van der Waals surface area (Å²) in [6, 6.07) is 0. The summed E-state index contributed by atoms with van der Waals surface area (Å²) in [5.74, 6) is 0. The molecule has 0 aliphatic carbocycles. The zero-order valence-corrected chi connectivity index (χ0v) is 10.6. The Morgan fingerprint density at radius 1 is 1.27 bits per heavy atom. The number of nitrogens with two attached hydrogens (primary N) is 1. The van der Waals surface area contributed by atoms with Crippen molar-refractivity contribution in [2.45, 2.75) is 46.3 Å². The maximum atomic E-state index is 5.73. The molecule has 1 aliphatic heterocycles. The van der Waals surface area contributed by atoms with Crippen LogP contribution in [0, 0.1) is 5.41 Å². The Kier molecular flexibility index (Phi) is 4.56. The molecule has 90 valence electrons. The average molecular weight is 214 g/mol. The van der Waals surface area contributed by atoms with Crippen molar-refractivity contribution in [1.29, 1.82) is 0 Å². The Balaban J connectivity index is 2.32. The third-order valence-electron chi connectivity index (χ3n) is 3.15. The molecule has 3 nitrogen and oxygen atoms in total. The summed E-state index contributed by atoms with van der Waals surface area (Å²) in [5, 5.41) is 0. The van der Waals surface area contributed by atoms with Gasteiger partial charge in [0.25, 0.3) is 0 Å². The van der Waals surface area contributed by atoms with Gasteiger partial charge in [-0.15, -0.1) is 0 Å². The van der Waals surface area contributed by atoms with Gasteiger partial charge in [0.05, 0.1) is 12.2 Å². The zero-order valence-electron chi connectivity index (χ0n) is 10.6. The van der Waals surface area contributed by atoms with E-state index >= 15 is 0 Å². The van der Waals surface area contributed by atoms with E-state index in [0.717, 1.165) is 26.2 Å². The minimum absolute atomic E-state index is 0.269. The summed E-state index contributed by atoms with van der Waals surface area (Å²) in [6.07, 6.45) is 1.91. The summed E-state index contributed by atoms with van der Waals surface area (Å²) in [6.45, 7) is 12.8. The van der Waals surface area contributed by atoms with Gasteiger partial charge in [-0.3, -0.25) is 4.90 Å². The van der Waals surface area contributed by atoms with Crippen LogP contribution in [0.5, 0.6) is 0 Å². The van der Waals surface area contributed by atoms with Crippen LogP contribution < -0.4 is 5.73 Å². The first-order chi connectivity index (χ1) is 6.93. The van der Waals surface area contributed by atoms with Gasteiger partial charge in [0, 0.05) is 13.1 Å². The molecule has 0 aromatic rings. The van der Waals surface area contributed by atoms with Crippen LogP contribution >= 0.6 is 0 Å². The summed E-state index contributed by atoms with van der Waals surface area (Å²) in [7, 11) is 0. The Labute approximate surface area is 94.0 Å². The molecular formula is C12H26N2O. The quantitative estimate of drug-likeness (QED) is 0.770. The highest BCUT2D eigenvalue weighted by molar-refractivity contribution is 4.76. The van der Waals surface area contributed by atoms with Crippen LogP contribution in [0.2, 0.25) is 0 Å². The fourth-order valence-corrected chi connectivity index (χ4v) is 2.03. The summed E-state index contributed by atoms with van der Waals surface area (Å²) < 4.78 is 5.71. The predicted molar refractivity (Wildman–Crippen MR) is 63.9 cm³/mol. The number of nitrogens with zero attached hydrogens (tertiary/aromatic N) is 1. The van der Waals surface area contributed by atoms with Crippen LogP contribution in [0.4, 0.5) is 0 Å². The van der Waals surface area contributed by atoms with Gasteiger partial charge in [0.2, 0.25) is 0 Å². The highest BCUT2D eigenvalue weighted by Gasteiger charge is 2.24. The number of morpholine rings is 1. The normalized spacial score (nSPS) is 29.4. The van der Waals surface area contributed by atoms with Gasteiger partial charge < -0.3 is 10.5 Å². The fraction of sp³-hybridized carbons (Fsp3) is 1.00. The molecule has 0 radical (unpaired) electrons. The van der Waals surface area contributed by atoms with E-state index in [1.165, 1.54) is 6.42 Å². The molecule has 3 heteroatoms. The van der Waals surface area contributed by atoms with Gasteiger partial charge in [0.1, 0.15) is 0 Å². The largest absolute Gasteiger partial charge is 0.373 e. The van der Waals surface area contributed by atoms with Crippen molar-refractivity contribution in [3.63, 3.8) is 0 Å². The van der Waals surface area contributed by atoms with Gasteiger partial charge in [0.15, 0.2) is 0 Å². The molecule has 1 aliphatic rings. The Morgan fingerprint density at radius 3 is 2.27 bits per heavy atom. The van der Waals surface area contributed by atoms with Crippen LogP contribution in [0.25, 0.3) is 0 Å². The van der Waals surface area contributed by atoms with Gasteiger partial charge in [-0.1, -0.05) is 13.8 Å². The summed E-state index contributed by atoms with van der Waals surface area (Å²) >= 11 is 0. The van der Waals surface area contributed by atoms with Crippen molar-refractivity contribution >= 4 is 0 Å². The molecule has 2 N–H and O–H groups in total. The number of hydrogen-bond acceptors (Lipinski definition) is 3. The third kappa shape index (κ3) is 4.49. The Hall–Kier alpha value is -0.120. The smallest absolute Gasteiger partial charge is 0.0678 e. The molecule has 0 bridgehead atoms. The van der Waals surface area contributed by atoms with Crippen LogP contribution in [0.3, 0.4) is 0 Å². The number of hydrogen-bond donors (Lipinski definition) is 1. The topological polar surface area (TPSA) is 38.5 Å². The van der Waals surface area contributed by atoms with Crippen molar-refractivity contribution in [2.24, 2.45) is 11.1 Å². The molecule has 0 spiro atoms. The van der Waals surface area contributed by atoms with Crippen LogP contribution in [0.1, 0.15) is 34.1 Å². The molecule has 2 atom stereocenters. The van der Waals surface area contributed by atoms with Crippen molar-refractivity contribution in [1.82, 2.24) is 4.90 Å². The minimum Gasteiger partial charge on any atom is -0.373 e. The van der Waals surface area contributed by atoms with Gasteiger partial charge in [-0.2, -0.15) is 0 Å². The number of rotatable bonds is 4. The van der Waals surface area contributed by atoms with E-state index in [0.29, 0.717) is 12.2 Å². The molecule has 0 aromatic carbocycles. The second-order valence-corrected chi connectivity index (χ2v) is 5.64. The molecule has 1 fully saturated rings. The maximum absolute atomic E-state index is 5.73. The molecule has 0 saturated carbocycles. The van der Waals surface area contributed by atoms with Gasteiger partial charge in [-0.05, 0) is 38.8 Å². The van der Waals surface area contributed by atoms with E-state index in [4.69, 9.17) is 10.5 Å². The summed E-state index contributed by atoms with van der Waals surface area (Å²) in [4.78, 5) is 2.50. The van der Waals surface area contributed by atoms with Crippen molar-refractivity contribution in [3.05, 3.63) is 0 Å². The molecule has 1 saturated heterocycles. The van der Waals surface area contributed by atoms with Gasteiger partial charge >= 0.3 is 0 Å². The van der Waals surface area contributed by atoms with Crippen molar-refractivity contribution in [3.8, 4) is 0 Å². The first-order valence-corrected chi connectivity index (χ1v) is 6.01. The lowest BCUT2D eigenvalue weighted by Gasteiger charge is -2.37. The molecular weight excluding hydrogens is 188 g/mol. The zero-order chi connectivity index (χ0) is 11.5. The predicted octanol–water partition coefficient (Wildman–Crippen LogP) is 1.47. The molecule has 1 heterocycles. The van der Waals surface area contributed by atoms with E-state index in [1.54, 1.807) is 0 Å². The third-order valence-corrected chi connectivity index (χ3v) is 3.15. The van der Waals surface area contributed by atoms with Gasteiger partial charge in [-0.25, -0.2) is 0 Å². The lowest BCUT2D eigenvalue weighted by atomic mass is 9.89. The monoisotopic (exact) mass is 214 g/mol. The average Bonchev–Trinajstić information content (AvgIpc) is 2.14. The lowest BCUT2D eigenvalue weighted by Crippen LogP contribution is -2.46. The van der Waals surface area contributed by atoms with Crippen molar-refractivity contribution < 1.29 is 4.74 Å². The maximum Gasteiger partial charge on any atom is 0.0678 e. The fourth-order valence-electron chi connectivity index (χ4n) is 2.03. The van der Waals surface area contributed by atoms with E-state index in [-0.39, 0.29) is 5.41 Å². The van der Waals surface area contributed by atoms with Crippen LogP contribution in [-0.2, 0) is 4.74 Å². The molecule has 15 heavy (non-hydrogen) atoms. The number of ether oxygens (including phenoxy) is 1. The van der Waals surface area contributed by atoms with E-state index < -0.39 is 0 Å². The second-order valence-electron chi connectivity index (χ2n) is 5.64. The first-order valence-electron chi connectivity index (χ1n) is 6.01. The molecule has 1 rings (SSSR count). The first kappa shape index (κ1) is 12.9. The highest BCUT2D eigenvalue weighted by Crippen LogP contribution is 2.20. The van der Waals surface area contributed by atoms with E-state index in [2.05, 4.69) is 32.6 Å². The van der Waals surface area contributed by atoms with E-state index in [1.807, 2.05) is 0 Å². The molecule has 0 aromatic heterocycles. The molecule has 2 unspecified atom stereocenters.